The summed E-state index contributed by atoms with van der Waals surface area (Å²) in [6, 6.07) is 18.5. The number of ether oxygens (including phenoxy) is 1. The molecule has 0 aliphatic carbocycles. The van der Waals surface area contributed by atoms with Crippen molar-refractivity contribution in [1.29, 1.82) is 0 Å². The maximum atomic E-state index is 11.9. The van der Waals surface area contributed by atoms with Crippen molar-refractivity contribution >= 4 is 20.9 Å². The Morgan fingerprint density at radius 1 is 0.902 bits per heavy atom. The second-order valence-corrected chi connectivity index (χ2v) is 13.4. The van der Waals surface area contributed by atoms with Crippen molar-refractivity contribution in [3.05, 3.63) is 65.9 Å². The first kappa shape index (κ1) is 28.0. The molecule has 6 rings (SSSR count). The number of sulfone groups is 1. The van der Waals surface area contributed by atoms with Crippen LogP contribution in [0.15, 0.2) is 59.5 Å². The third kappa shape index (κ3) is 6.09. The molecule has 41 heavy (non-hydrogen) atoms. The molecule has 216 valence electrons. The number of benzene rings is 2. The van der Waals surface area contributed by atoms with Crippen molar-refractivity contribution in [3.8, 4) is 22.6 Å². The molecule has 0 atom stereocenters. The Hall–Kier alpha value is -3.11. The number of nitrogens with zero attached hydrogens (tertiary/aromatic N) is 5. The van der Waals surface area contributed by atoms with Gasteiger partial charge in [-0.05, 0) is 75.2 Å². The molecule has 0 bridgehead atoms. The van der Waals surface area contributed by atoms with Crippen molar-refractivity contribution < 1.29 is 13.2 Å². The Kier molecular flexibility index (Phi) is 7.96. The smallest absolute Gasteiger partial charge is 0.175 e. The van der Waals surface area contributed by atoms with Gasteiger partial charge in [0.15, 0.2) is 9.84 Å². The van der Waals surface area contributed by atoms with Crippen molar-refractivity contribution in [1.82, 2.24) is 24.3 Å². The number of fused-ring (bicyclic) bond motifs is 1. The highest BCUT2D eigenvalue weighted by Crippen LogP contribution is 2.29. The lowest BCUT2D eigenvalue weighted by atomic mass is 10.0. The first-order valence-corrected chi connectivity index (χ1v) is 16.4. The molecule has 2 saturated heterocycles. The lowest BCUT2D eigenvalue weighted by molar-refractivity contribution is 0.00101. The van der Waals surface area contributed by atoms with E-state index in [1.807, 2.05) is 26.1 Å². The van der Waals surface area contributed by atoms with Gasteiger partial charge in [-0.15, -0.1) is 0 Å². The first-order valence-electron chi connectivity index (χ1n) is 14.5. The third-order valence-corrected chi connectivity index (χ3v) is 9.80. The highest BCUT2D eigenvalue weighted by atomic mass is 32.2. The Morgan fingerprint density at radius 3 is 2.22 bits per heavy atom. The van der Waals surface area contributed by atoms with Gasteiger partial charge in [-0.2, -0.15) is 0 Å². The largest absolute Gasteiger partial charge is 0.379 e. The van der Waals surface area contributed by atoms with Crippen LogP contribution in [0.2, 0.25) is 0 Å². The number of imidazole rings is 1. The predicted molar refractivity (Wildman–Crippen MR) is 163 cm³/mol. The van der Waals surface area contributed by atoms with Crippen molar-refractivity contribution in [2.45, 2.75) is 37.1 Å². The highest BCUT2D eigenvalue weighted by molar-refractivity contribution is 7.90. The van der Waals surface area contributed by atoms with Gasteiger partial charge in [-0.3, -0.25) is 9.88 Å². The molecule has 9 heteroatoms. The zero-order chi connectivity index (χ0) is 28.6. The van der Waals surface area contributed by atoms with Gasteiger partial charge in [-0.25, -0.2) is 13.4 Å². The molecule has 0 unspecified atom stereocenters. The molecule has 2 fully saturated rings. The monoisotopic (exact) mass is 573 g/mol. The molecular weight excluding hydrogens is 534 g/mol. The Morgan fingerprint density at radius 2 is 1.56 bits per heavy atom. The van der Waals surface area contributed by atoms with E-state index in [4.69, 9.17) is 14.7 Å². The number of pyridine rings is 1. The first-order chi connectivity index (χ1) is 19.8. The van der Waals surface area contributed by atoms with Crippen molar-refractivity contribution in [2.75, 3.05) is 52.2 Å². The maximum absolute atomic E-state index is 11.9. The Labute approximate surface area is 242 Å². The van der Waals surface area contributed by atoms with Gasteiger partial charge in [0.1, 0.15) is 11.3 Å². The van der Waals surface area contributed by atoms with E-state index in [2.05, 4.69) is 44.7 Å². The van der Waals surface area contributed by atoms with Crippen LogP contribution in [0.4, 0.5) is 0 Å². The van der Waals surface area contributed by atoms with Crippen LogP contribution in [0.25, 0.3) is 33.7 Å². The summed E-state index contributed by atoms with van der Waals surface area (Å²) >= 11 is 0. The molecule has 2 aromatic heterocycles. The number of aromatic nitrogens is 3. The molecule has 0 radical (unpaired) electrons. The van der Waals surface area contributed by atoms with Crippen LogP contribution in [-0.4, -0.2) is 91.0 Å². The molecule has 2 aliphatic heterocycles. The fourth-order valence-electron chi connectivity index (χ4n) is 6.18. The van der Waals surface area contributed by atoms with Crippen LogP contribution in [0.1, 0.15) is 24.1 Å². The zero-order valence-electron chi connectivity index (χ0n) is 24.2. The summed E-state index contributed by atoms with van der Waals surface area (Å²) < 4.78 is 31.3. The van der Waals surface area contributed by atoms with Gasteiger partial charge in [0.25, 0.3) is 0 Å². The average Bonchev–Trinajstić information content (AvgIpc) is 3.33. The number of aryl methyl sites for hydroxylation is 2. The van der Waals surface area contributed by atoms with E-state index >= 15 is 0 Å². The van der Waals surface area contributed by atoms with E-state index in [-0.39, 0.29) is 0 Å². The van der Waals surface area contributed by atoms with Gasteiger partial charge in [-0.1, -0.05) is 24.3 Å². The number of likely N-dealkylation sites (tertiary alicyclic amines) is 1. The minimum absolute atomic E-state index is 0.303. The van der Waals surface area contributed by atoms with Crippen LogP contribution in [0.3, 0.4) is 0 Å². The number of morpholine rings is 1. The number of hydrogen-bond acceptors (Lipinski definition) is 7. The summed E-state index contributed by atoms with van der Waals surface area (Å²) in [5, 5.41) is 0. The number of rotatable bonds is 7. The van der Waals surface area contributed by atoms with Gasteiger partial charge in [0, 0.05) is 50.1 Å². The molecule has 0 saturated carbocycles. The van der Waals surface area contributed by atoms with Crippen LogP contribution in [0, 0.1) is 6.92 Å². The molecule has 2 aromatic carbocycles. The summed E-state index contributed by atoms with van der Waals surface area (Å²) in [5.74, 6) is 0.784. The van der Waals surface area contributed by atoms with Crippen LogP contribution in [0.5, 0.6) is 0 Å². The lowest BCUT2D eigenvalue weighted by Crippen LogP contribution is -2.49. The maximum Gasteiger partial charge on any atom is 0.175 e. The molecule has 0 N–H and O–H groups in total. The fraction of sp³-hybridized carbons (Fsp3) is 0.438. The van der Waals surface area contributed by atoms with Gasteiger partial charge in [0.2, 0.25) is 0 Å². The Bertz CT molecular complexity index is 1620. The molecule has 4 heterocycles. The van der Waals surface area contributed by atoms with E-state index in [1.165, 1.54) is 37.8 Å². The minimum Gasteiger partial charge on any atom is -0.379 e. The SMILES string of the molecule is Cc1nc(-c2ccc(CCN3CCC(N4CCOCC4)CC3)cc2)cc2c1nc(-c1ccc(S(C)(=O)=O)cc1)n2C. The van der Waals surface area contributed by atoms with Crippen LogP contribution < -0.4 is 0 Å². The Balaban J connectivity index is 1.12. The molecule has 2 aliphatic rings. The van der Waals surface area contributed by atoms with E-state index < -0.39 is 9.84 Å². The summed E-state index contributed by atoms with van der Waals surface area (Å²) in [6.07, 6.45) is 4.79. The second kappa shape index (κ2) is 11.6. The van der Waals surface area contributed by atoms with E-state index in [0.717, 1.165) is 84.7 Å². The van der Waals surface area contributed by atoms with E-state index in [0.29, 0.717) is 4.90 Å². The van der Waals surface area contributed by atoms with Gasteiger partial charge < -0.3 is 14.2 Å². The quantitative estimate of drug-likeness (QED) is 0.325. The van der Waals surface area contributed by atoms with Gasteiger partial charge in [0.05, 0.1) is 35.0 Å². The van der Waals surface area contributed by atoms with Gasteiger partial charge >= 0.3 is 0 Å². The lowest BCUT2D eigenvalue weighted by Gasteiger charge is -2.40. The summed E-state index contributed by atoms with van der Waals surface area (Å²) in [5.41, 5.74) is 6.95. The highest BCUT2D eigenvalue weighted by Gasteiger charge is 2.25. The minimum atomic E-state index is -3.24. The van der Waals surface area contributed by atoms with Crippen LogP contribution in [-0.2, 0) is 28.0 Å². The van der Waals surface area contributed by atoms with Crippen LogP contribution >= 0.6 is 0 Å². The summed E-state index contributed by atoms with van der Waals surface area (Å²) in [7, 11) is -1.25. The molecule has 0 amide bonds. The fourth-order valence-corrected chi connectivity index (χ4v) is 6.81. The number of piperidine rings is 1. The third-order valence-electron chi connectivity index (χ3n) is 8.67. The topological polar surface area (TPSA) is 80.6 Å². The average molecular weight is 574 g/mol. The normalized spacial score (nSPS) is 17.8. The zero-order valence-corrected chi connectivity index (χ0v) is 25.0. The molecule has 4 aromatic rings. The standard InChI is InChI=1S/C32H39N5O3S/c1-23-31-30(35(2)32(34-31)26-8-10-28(11-9-26)41(3,38)39)22-29(33-23)25-6-4-24(5-7-25)12-15-36-16-13-27(14-17-36)37-18-20-40-21-19-37/h4-11,22,27H,12-21H2,1-3H3. The summed E-state index contributed by atoms with van der Waals surface area (Å²) in [4.78, 5) is 15.3. The summed E-state index contributed by atoms with van der Waals surface area (Å²) in [6.45, 7) is 9.38. The number of hydrogen-bond donors (Lipinski definition) is 0. The van der Waals surface area contributed by atoms with Crippen molar-refractivity contribution in [2.24, 2.45) is 7.05 Å². The van der Waals surface area contributed by atoms with E-state index in [1.54, 1.807) is 12.1 Å². The second-order valence-electron chi connectivity index (χ2n) is 11.4. The van der Waals surface area contributed by atoms with Crippen molar-refractivity contribution in [3.63, 3.8) is 0 Å². The predicted octanol–water partition coefficient (Wildman–Crippen LogP) is 4.35. The molecule has 0 spiro atoms. The molecular formula is C32H39N5O3S. The van der Waals surface area contributed by atoms with E-state index in [9.17, 15) is 8.42 Å². The molecule has 8 nitrogen and oxygen atoms in total.